The summed E-state index contributed by atoms with van der Waals surface area (Å²) in [6.45, 7) is 0.903. The van der Waals surface area contributed by atoms with Gasteiger partial charge in [-0.25, -0.2) is 14.2 Å². The molecule has 0 spiro atoms. The fourth-order valence-corrected chi connectivity index (χ4v) is 7.44. The van der Waals surface area contributed by atoms with Crippen molar-refractivity contribution in [1.82, 2.24) is 10.1 Å². The van der Waals surface area contributed by atoms with E-state index in [0.717, 1.165) is 18.9 Å². The average molecular weight is 629 g/mol. The van der Waals surface area contributed by atoms with Crippen LogP contribution in [0.5, 0.6) is 5.75 Å². The van der Waals surface area contributed by atoms with Crippen LogP contribution in [0.1, 0.15) is 53.3 Å². The highest BCUT2D eigenvalue weighted by molar-refractivity contribution is 7.22. The van der Waals surface area contributed by atoms with E-state index in [0.29, 0.717) is 47.1 Å². The number of nitriles is 1. The summed E-state index contributed by atoms with van der Waals surface area (Å²) in [7, 11) is 0. The zero-order chi connectivity index (χ0) is 30.8. The molecule has 9 nitrogen and oxygen atoms in total. The Morgan fingerprint density at radius 1 is 1.27 bits per heavy atom. The van der Waals surface area contributed by atoms with Gasteiger partial charge in [0.05, 0.1) is 34.5 Å². The standard InChI is InChI=1S/C30H24F4N4O5S/c31-21-7-16(27(39)40)8-23-25(21)36-28(44-23)38-11-17-9-18(10-29(17,13-35)14-38)41-12-20-24(37-43-26(20)15-5-6-15)19-3-1-2-4-22(19)42-30(32,33)34/h1-4,7-8,15,17-18H,5-6,9-12,14H2,(H,39,40)/t17?,18-,29+/m0/s1. The Bertz CT molecular complexity index is 1810. The van der Waals surface area contributed by atoms with E-state index in [1.54, 1.807) is 6.07 Å². The second-order valence-electron chi connectivity index (χ2n) is 11.5. The number of rotatable bonds is 8. The molecule has 44 heavy (non-hydrogen) atoms. The van der Waals surface area contributed by atoms with Crippen molar-refractivity contribution in [1.29, 1.82) is 5.26 Å². The number of thiazole rings is 1. The average Bonchev–Trinajstić information content (AvgIpc) is 3.28. The van der Waals surface area contributed by atoms with Gasteiger partial charge in [0, 0.05) is 30.1 Å². The van der Waals surface area contributed by atoms with E-state index >= 15 is 0 Å². The zero-order valence-corrected chi connectivity index (χ0v) is 23.8. The number of nitrogens with zero attached hydrogens (tertiary/aromatic N) is 4. The van der Waals surface area contributed by atoms with Gasteiger partial charge in [0.1, 0.15) is 22.7 Å². The van der Waals surface area contributed by atoms with Gasteiger partial charge >= 0.3 is 12.3 Å². The predicted molar refractivity (Wildman–Crippen MR) is 149 cm³/mol. The summed E-state index contributed by atoms with van der Waals surface area (Å²) in [6.07, 6.45) is -2.40. The second-order valence-corrected chi connectivity index (χ2v) is 12.5. The van der Waals surface area contributed by atoms with Crippen LogP contribution in [-0.2, 0) is 11.3 Å². The molecule has 1 unspecified atom stereocenters. The molecule has 1 aliphatic heterocycles. The number of fused-ring (bicyclic) bond motifs is 2. The third kappa shape index (κ3) is 5.13. The molecule has 2 aliphatic carbocycles. The zero-order valence-electron chi connectivity index (χ0n) is 22.9. The van der Waals surface area contributed by atoms with Gasteiger partial charge in [-0.15, -0.1) is 13.2 Å². The number of benzene rings is 2. The molecule has 7 rings (SSSR count). The Kier molecular flexibility index (Phi) is 6.78. The Morgan fingerprint density at radius 2 is 2.07 bits per heavy atom. The maximum Gasteiger partial charge on any atom is 0.573 e. The molecule has 1 saturated heterocycles. The molecule has 14 heteroatoms. The van der Waals surface area contributed by atoms with Gasteiger partial charge in [-0.05, 0) is 55.9 Å². The first-order valence-corrected chi connectivity index (χ1v) is 14.8. The first kappa shape index (κ1) is 28.5. The monoisotopic (exact) mass is 628 g/mol. The molecular formula is C30H24F4N4O5S. The van der Waals surface area contributed by atoms with Crippen LogP contribution in [0.15, 0.2) is 40.9 Å². The van der Waals surface area contributed by atoms with Crippen LogP contribution < -0.4 is 9.64 Å². The molecule has 3 aliphatic rings. The van der Waals surface area contributed by atoms with Gasteiger partial charge in [0.2, 0.25) is 0 Å². The molecule has 1 N–H and O–H groups in total. The van der Waals surface area contributed by atoms with Gasteiger partial charge in [0.25, 0.3) is 0 Å². The van der Waals surface area contributed by atoms with Crippen molar-refractivity contribution in [2.75, 3.05) is 18.0 Å². The SMILES string of the molecule is N#C[C@@]12C[C@@H](OCc3c(-c4ccccc4OC(F)(F)F)noc3C3CC3)CC1CN(c1nc3c(F)cc(C(=O)O)cc3s1)C2. The molecule has 2 saturated carbocycles. The van der Waals surface area contributed by atoms with E-state index < -0.39 is 23.6 Å². The number of carbonyl (C=O) groups is 1. The fraction of sp³-hybridized carbons (Fsp3) is 0.400. The van der Waals surface area contributed by atoms with Gasteiger partial charge < -0.3 is 24.0 Å². The van der Waals surface area contributed by atoms with E-state index in [9.17, 15) is 32.7 Å². The number of alkyl halides is 3. The van der Waals surface area contributed by atoms with Crippen molar-refractivity contribution in [3.63, 3.8) is 0 Å². The summed E-state index contributed by atoms with van der Waals surface area (Å²) in [4.78, 5) is 17.7. The van der Waals surface area contributed by atoms with E-state index in [-0.39, 0.29) is 52.6 Å². The number of ether oxygens (including phenoxy) is 2. The highest BCUT2D eigenvalue weighted by Gasteiger charge is 2.54. The largest absolute Gasteiger partial charge is 0.573 e. The Hall–Kier alpha value is -4.22. The lowest BCUT2D eigenvalue weighted by Crippen LogP contribution is -2.27. The van der Waals surface area contributed by atoms with Crippen LogP contribution in [0.25, 0.3) is 21.5 Å². The van der Waals surface area contributed by atoms with Crippen molar-refractivity contribution >= 4 is 32.7 Å². The molecule has 0 bridgehead atoms. The normalized spacial score (nSPS) is 23.2. The number of aromatic nitrogens is 2. The Morgan fingerprint density at radius 3 is 2.77 bits per heavy atom. The molecule has 3 fully saturated rings. The molecule has 0 radical (unpaired) electrons. The number of carboxylic acids is 1. The van der Waals surface area contributed by atoms with E-state index in [1.165, 1.54) is 35.6 Å². The van der Waals surface area contributed by atoms with Gasteiger partial charge in [-0.1, -0.05) is 28.6 Å². The van der Waals surface area contributed by atoms with Gasteiger partial charge in [-0.3, -0.25) is 0 Å². The van der Waals surface area contributed by atoms with Crippen molar-refractivity contribution < 1.29 is 41.5 Å². The van der Waals surface area contributed by atoms with Crippen LogP contribution in [-0.4, -0.2) is 46.8 Å². The minimum absolute atomic E-state index is 0.0523. The Labute approximate surface area is 251 Å². The second kappa shape index (κ2) is 10.4. The third-order valence-corrected chi connectivity index (χ3v) is 9.67. The number of hydrogen-bond acceptors (Lipinski definition) is 9. The van der Waals surface area contributed by atoms with Gasteiger partial charge in [-0.2, -0.15) is 5.26 Å². The predicted octanol–water partition coefficient (Wildman–Crippen LogP) is 6.89. The summed E-state index contributed by atoms with van der Waals surface area (Å²) in [5.74, 6) is -1.67. The van der Waals surface area contributed by atoms with Crippen LogP contribution in [0.3, 0.4) is 0 Å². The maximum atomic E-state index is 14.6. The lowest BCUT2D eigenvalue weighted by Gasteiger charge is -2.21. The number of carboxylic acid groups (broad SMARTS) is 1. The van der Waals surface area contributed by atoms with Gasteiger partial charge in [0.15, 0.2) is 10.9 Å². The summed E-state index contributed by atoms with van der Waals surface area (Å²) in [5.41, 5.74) is 0.158. The molecule has 3 heterocycles. The highest BCUT2D eigenvalue weighted by atomic mass is 32.1. The third-order valence-electron chi connectivity index (χ3n) is 8.61. The fourth-order valence-electron chi connectivity index (χ4n) is 6.41. The molecule has 0 amide bonds. The maximum absolute atomic E-state index is 14.6. The molecule has 2 aromatic heterocycles. The first-order chi connectivity index (χ1) is 21.0. The molecule has 3 atom stereocenters. The number of anilines is 1. The first-order valence-electron chi connectivity index (χ1n) is 14.0. The van der Waals surface area contributed by atoms with E-state index in [2.05, 4.69) is 20.9 Å². The summed E-state index contributed by atoms with van der Waals surface area (Å²) in [5, 5.41) is 24.2. The lowest BCUT2D eigenvalue weighted by atomic mass is 9.82. The van der Waals surface area contributed by atoms with E-state index in [1.807, 2.05) is 4.90 Å². The Balaban J connectivity index is 1.09. The quantitative estimate of drug-likeness (QED) is 0.208. The molecule has 228 valence electrons. The molecular weight excluding hydrogens is 604 g/mol. The van der Waals surface area contributed by atoms with Crippen molar-refractivity contribution in [2.24, 2.45) is 11.3 Å². The van der Waals surface area contributed by atoms with E-state index in [4.69, 9.17) is 9.26 Å². The van der Waals surface area contributed by atoms with Crippen LogP contribution in [0, 0.1) is 28.5 Å². The van der Waals surface area contributed by atoms with Crippen LogP contribution in [0.2, 0.25) is 0 Å². The number of halogens is 4. The number of para-hydroxylation sites is 1. The summed E-state index contributed by atoms with van der Waals surface area (Å²) >= 11 is 1.18. The molecule has 4 aromatic rings. The topological polar surface area (TPSA) is 122 Å². The highest BCUT2D eigenvalue weighted by Crippen LogP contribution is 2.52. The minimum atomic E-state index is -4.88. The number of hydrogen-bond donors (Lipinski definition) is 1. The van der Waals surface area contributed by atoms with Crippen molar-refractivity contribution in [2.45, 2.75) is 50.7 Å². The van der Waals surface area contributed by atoms with Crippen LogP contribution in [0.4, 0.5) is 22.7 Å². The van der Waals surface area contributed by atoms with Crippen molar-refractivity contribution in [3.05, 3.63) is 59.1 Å². The minimum Gasteiger partial charge on any atom is -0.478 e. The van der Waals surface area contributed by atoms with Crippen LogP contribution >= 0.6 is 11.3 Å². The summed E-state index contributed by atoms with van der Waals surface area (Å²) in [6, 6.07) is 10.6. The number of aromatic carboxylic acids is 1. The molecule has 2 aromatic carbocycles. The van der Waals surface area contributed by atoms with Crippen molar-refractivity contribution in [3.8, 4) is 23.1 Å². The lowest BCUT2D eigenvalue weighted by molar-refractivity contribution is -0.274. The summed E-state index contributed by atoms with van der Waals surface area (Å²) < 4.78 is 70.5. The smallest absolute Gasteiger partial charge is 0.478 e.